The third-order valence-corrected chi connectivity index (χ3v) is 3.21. The van der Waals surface area contributed by atoms with Gasteiger partial charge in [0, 0.05) is 6.54 Å². The maximum absolute atomic E-state index is 5.11. The Morgan fingerprint density at radius 2 is 1.89 bits per heavy atom. The van der Waals surface area contributed by atoms with Crippen LogP contribution in [0.5, 0.6) is 11.8 Å². The molecular formula is C14H21N3O2. The van der Waals surface area contributed by atoms with Gasteiger partial charge in [-0.1, -0.05) is 11.6 Å². The van der Waals surface area contributed by atoms with E-state index >= 15 is 0 Å². The Bertz CT molecular complexity index is 424. The molecule has 0 unspecified atom stereocenters. The zero-order valence-corrected chi connectivity index (χ0v) is 11.6. The Labute approximate surface area is 114 Å². The van der Waals surface area contributed by atoms with Crippen LogP contribution in [-0.4, -0.2) is 30.7 Å². The third-order valence-electron chi connectivity index (χ3n) is 3.21. The molecule has 1 aliphatic rings. The van der Waals surface area contributed by atoms with Gasteiger partial charge in [-0.2, -0.15) is 9.97 Å². The lowest BCUT2D eigenvalue weighted by molar-refractivity contribution is 0.373. The molecule has 0 saturated carbocycles. The van der Waals surface area contributed by atoms with Crippen LogP contribution < -0.4 is 14.8 Å². The Morgan fingerprint density at radius 3 is 2.47 bits per heavy atom. The quantitative estimate of drug-likeness (QED) is 0.800. The second kappa shape index (κ2) is 6.97. The molecule has 5 nitrogen and oxygen atoms in total. The SMILES string of the molecule is COc1cc(OC)nc(NCCC2=CCCCC2)n1. The molecule has 0 spiro atoms. The Kier molecular flexibility index (Phi) is 5.01. The highest BCUT2D eigenvalue weighted by molar-refractivity contribution is 5.33. The van der Waals surface area contributed by atoms with Crippen LogP contribution in [0.25, 0.3) is 0 Å². The van der Waals surface area contributed by atoms with Crippen LogP contribution in [0, 0.1) is 0 Å². The number of hydrogen-bond acceptors (Lipinski definition) is 5. The maximum Gasteiger partial charge on any atom is 0.229 e. The molecule has 2 rings (SSSR count). The van der Waals surface area contributed by atoms with Gasteiger partial charge in [-0.3, -0.25) is 0 Å². The Balaban J connectivity index is 1.89. The van der Waals surface area contributed by atoms with E-state index in [0.717, 1.165) is 13.0 Å². The summed E-state index contributed by atoms with van der Waals surface area (Å²) in [7, 11) is 3.16. The molecule has 1 aromatic rings. The molecule has 0 aliphatic heterocycles. The summed E-state index contributed by atoms with van der Waals surface area (Å²) in [6.45, 7) is 0.835. The van der Waals surface area contributed by atoms with Crippen molar-refractivity contribution < 1.29 is 9.47 Å². The normalized spacial score (nSPS) is 14.7. The molecule has 0 radical (unpaired) electrons. The zero-order chi connectivity index (χ0) is 13.5. The summed E-state index contributed by atoms with van der Waals surface area (Å²) in [5.74, 6) is 1.56. The van der Waals surface area contributed by atoms with Crippen LogP contribution in [0.4, 0.5) is 5.95 Å². The number of allylic oxidation sites excluding steroid dienone is 1. The number of anilines is 1. The maximum atomic E-state index is 5.11. The largest absolute Gasteiger partial charge is 0.481 e. The van der Waals surface area contributed by atoms with Crippen molar-refractivity contribution >= 4 is 5.95 Å². The van der Waals surface area contributed by atoms with Crippen molar-refractivity contribution in [3.05, 3.63) is 17.7 Å². The van der Waals surface area contributed by atoms with Gasteiger partial charge in [-0.15, -0.1) is 0 Å². The van der Waals surface area contributed by atoms with Crippen LogP contribution in [0.1, 0.15) is 32.1 Å². The first-order valence-electron chi connectivity index (χ1n) is 6.70. The van der Waals surface area contributed by atoms with Crippen LogP contribution in [0.15, 0.2) is 17.7 Å². The first-order valence-corrected chi connectivity index (χ1v) is 6.70. The van der Waals surface area contributed by atoms with Gasteiger partial charge in [0.2, 0.25) is 17.7 Å². The molecule has 19 heavy (non-hydrogen) atoms. The van der Waals surface area contributed by atoms with Crippen molar-refractivity contribution in [2.45, 2.75) is 32.1 Å². The van der Waals surface area contributed by atoms with Gasteiger partial charge in [0.25, 0.3) is 0 Å². The molecule has 1 aliphatic carbocycles. The molecular weight excluding hydrogens is 242 g/mol. The molecule has 1 heterocycles. The smallest absolute Gasteiger partial charge is 0.229 e. The van der Waals surface area contributed by atoms with Gasteiger partial charge in [-0.25, -0.2) is 0 Å². The lowest BCUT2D eigenvalue weighted by atomic mass is 9.97. The molecule has 0 aromatic carbocycles. The molecule has 104 valence electrons. The standard InChI is InChI=1S/C14H21N3O2/c1-18-12-10-13(19-2)17-14(16-12)15-9-8-11-6-4-3-5-7-11/h6,10H,3-5,7-9H2,1-2H3,(H,15,16,17). The van der Waals surface area contributed by atoms with E-state index in [1.165, 1.54) is 31.3 Å². The van der Waals surface area contributed by atoms with E-state index in [1.54, 1.807) is 20.3 Å². The molecule has 0 amide bonds. The summed E-state index contributed by atoms with van der Waals surface area (Å²) >= 11 is 0. The van der Waals surface area contributed by atoms with Crippen LogP contribution in [0.3, 0.4) is 0 Å². The number of rotatable bonds is 6. The summed E-state index contributed by atoms with van der Waals surface area (Å²) < 4.78 is 10.2. The summed E-state index contributed by atoms with van der Waals surface area (Å²) in [5.41, 5.74) is 1.54. The van der Waals surface area contributed by atoms with E-state index in [-0.39, 0.29) is 0 Å². The van der Waals surface area contributed by atoms with Crippen LogP contribution >= 0.6 is 0 Å². The molecule has 0 fully saturated rings. The van der Waals surface area contributed by atoms with E-state index < -0.39 is 0 Å². The average Bonchev–Trinajstić information content (AvgIpc) is 2.48. The lowest BCUT2D eigenvalue weighted by Crippen LogP contribution is -2.08. The Hall–Kier alpha value is -1.78. The summed E-state index contributed by atoms with van der Waals surface area (Å²) in [5, 5.41) is 3.22. The van der Waals surface area contributed by atoms with Crippen LogP contribution in [-0.2, 0) is 0 Å². The van der Waals surface area contributed by atoms with E-state index in [2.05, 4.69) is 21.4 Å². The summed E-state index contributed by atoms with van der Waals surface area (Å²) in [6, 6.07) is 1.66. The van der Waals surface area contributed by atoms with Crippen molar-refractivity contribution in [2.75, 3.05) is 26.1 Å². The highest BCUT2D eigenvalue weighted by atomic mass is 16.5. The van der Waals surface area contributed by atoms with E-state index in [4.69, 9.17) is 9.47 Å². The second-order valence-electron chi connectivity index (χ2n) is 4.56. The minimum absolute atomic E-state index is 0.506. The van der Waals surface area contributed by atoms with Crippen molar-refractivity contribution in [1.29, 1.82) is 0 Å². The van der Waals surface area contributed by atoms with Crippen molar-refractivity contribution in [1.82, 2.24) is 9.97 Å². The van der Waals surface area contributed by atoms with E-state index in [1.807, 2.05) is 0 Å². The van der Waals surface area contributed by atoms with Gasteiger partial charge in [-0.05, 0) is 32.1 Å². The topological polar surface area (TPSA) is 56.3 Å². The van der Waals surface area contributed by atoms with Gasteiger partial charge < -0.3 is 14.8 Å². The molecule has 0 saturated heterocycles. The van der Waals surface area contributed by atoms with Gasteiger partial charge >= 0.3 is 0 Å². The lowest BCUT2D eigenvalue weighted by Gasteiger charge is -2.13. The molecule has 0 atom stereocenters. The minimum atomic E-state index is 0.506. The number of methoxy groups -OCH3 is 2. The fourth-order valence-corrected chi connectivity index (χ4v) is 2.16. The van der Waals surface area contributed by atoms with Gasteiger partial charge in [0.1, 0.15) is 0 Å². The van der Waals surface area contributed by atoms with Gasteiger partial charge in [0.05, 0.1) is 20.3 Å². The first kappa shape index (κ1) is 13.6. The fourth-order valence-electron chi connectivity index (χ4n) is 2.16. The van der Waals surface area contributed by atoms with E-state index in [0.29, 0.717) is 17.7 Å². The molecule has 5 heteroatoms. The third kappa shape index (κ3) is 4.12. The number of nitrogens with one attached hydrogen (secondary N) is 1. The van der Waals surface area contributed by atoms with Gasteiger partial charge in [0.15, 0.2) is 0 Å². The van der Waals surface area contributed by atoms with Crippen molar-refractivity contribution in [3.63, 3.8) is 0 Å². The zero-order valence-electron chi connectivity index (χ0n) is 11.6. The number of nitrogens with zero attached hydrogens (tertiary/aromatic N) is 2. The number of ether oxygens (including phenoxy) is 2. The van der Waals surface area contributed by atoms with E-state index in [9.17, 15) is 0 Å². The highest BCUT2D eigenvalue weighted by Gasteiger charge is 2.06. The predicted molar refractivity (Wildman–Crippen MR) is 74.8 cm³/mol. The van der Waals surface area contributed by atoms with Crippen LogP contribution in [0.2, 0.25) is 0 Å². The first-order chi connectivity index (χ1) is 9.31. The molecule has 1 N–H and O–H groups in total. The molecule has 0 bridgehead atoms. The monoisotopic (exact) mass is 263 g/mol. The average molecular weight is 263 g/mol. The minimum Gasteiger partial charge on any atom is -0.481 e. The highest BCUT2D eigenvalue weighted by Crippen LogP contribution is 2.21. The summed E-state index contributed by atoms with van der Waals surface area (Å²) in [6.07, 6.45) is 8.49. The fraction of sp³-hybridized carbons (Fsp3) is 0.571. The predicted octanol–water partition coefficient (Wildman–Crippen LogP) is 2.80. The number of aromatic nitrogens is 2. The summed E-state index contributed by atoms with van der Waals surface area (Å²) in [4.78, 5) is 8.48. The number of hydrogen-bond donors (Lipinski definition) is 1. The Morgan fingerprint density at radius 1 is 1.16 bits per heavy atom. The second-order valence-corrected chi connectivity index (χ2v) is 4.56. The van der Waals surface area contributed by atoms with Crippen molar-refractivity contribution in [3.8, 4) is 11.8 Å². The molecule has 1 aromatic heterocycles. The van der Waals surface area contributed by atoms with Crippen molar-refractivity contribution in [2.24, 2.45) is 0 Å².